The molecular weight excluding hydrogens is 338 g/mol. The lowest BCUT2D eigenvalue weighted by Crippen LogP contribution is -2.63. The van der Waals surface area contributed by atoms with Gasteiger partial charge in [-0.15, -0.1) is 0 Å². The van der Waals surface area contributed by atoms with Crippen LogP contribution in [0.5, 0.6) is 5.75 Å². The Balaban J connectivity index is 1.72. The minimum atomic E-state index is -0.594. The van der Waals surface area contributed by atoms with Crippen LogP contribution in [0.2, 0.25) is 0 Å². The van der Waals surface area contributed by atoms with Gasteiger partial charge in [0.2, 0.25) is 5.91 Å². The van der Waals surface area contributed by atoms with Crippen LogP contribution in [0.4, 0.5) is 5.69 Å². The number of phenolic OH excluding ortho intramolecular Hbond substituents is 1. The maximum absolute atomic E-state index is 11.6. The summed E-state index contributed by atoms with van der Waals surface area (Å²) in [5, 5.41) is 23.7. The molecule has 2 atom stereocenters. The molecule has 2 N–H and O–H groups in total. The van der Waals surface area contributed by atoms with Gasteiger partial charge in [0, 0.05) is 32.6 Å². The predicted molar refractivity (Wildman–Crippen MR) is 94.8 cm³/mol. The van der Waals surface area contributed by atoms with Crippen LogP contribution in [0.25, 0.3) is 0 Å². The Hall–Kier alpha value is -2.19. The molecule has 0 bridgehead atoms. The van der Waals surface area contributed by atoms with E-state index in [9.17, 15) is 20.0 Å². The quantitative estimate of drug-likeness (QED) is 0.626. The average molecular weight is 363 g/mol. The number of ether oxygens (including phenoxy) is 1. The summed E-state index contributed by atoms with van der Waals surface area (Å²) < 4.78 is 6.17. The Morgan fingerprint density at radius 2 is 2.31 bits per heavy atom. The second-order valence-electron chi connectivity index (χ2n) is 7.20. The van der Waals surface area contributed by atoms with Crippen molar-refractivity contribution in [2.24, 2.45) is 0 Å². The number of benzene rings is 1. The van der Waals surface area contributed by atoms with E-state index in [4.69, 9.17) is 4.74 Å². The van der Waals surface area contributed by atoms with Gasteiger partial charge in [-0.1, -0.05) is 18.9 Å². The van der Waals surface area contributed by atoms with Gasteiger partial charge in [0.15, 0.2) is 5.75 Å². The summed E-state index contributed by atoms with van der Waals surface area (Å²) in [6, 6.07) is 4.46. The second-order valence-corrected chi connectivity index (χ2v) is 7.20. The standard InChI is InChI=1S/C18H25N3O5/c1-13(22)19-17-4-2-3-7-18(17)12-20(8-9-26-18)11-14-5-6-15(21(24)25)16(23)10-14/h5-6,10,17,23H,2-4,7-9,11-12H2,1H3,(H,19,22)/t17-,18-/m0/s1. The molecule has 1 saturated carbocycles. The van der Waals surface area contributed by atoms with Gasteiger partial charge in [0.1, 0.15) is 5.60 Å². The number of nitrogens with zero attached hydrogens (tertiary/aromatic N) is 2. The number of carbonyl (C=O) groups excluding carboxylic acids is 1. The lowest BCUT2D eigenvalue weighted by atomic mass is 9.78. The van der Waals surface area contributed by atoms with Crippen molar-refractivity contribution in [1.29, 1.82) is 0 Å². The lowest BCUT2D eigenvalue weighted by molar-refractivity contribution is -0.385. The molecule has 2 fully saturated rings. The number of rotatable bonds is 4. The highest BCUT2D eigenvalue weighted by Gasteiger charge is 2.45. The van der Waals surface area contributed by atoms with Crippen LogP contribution in [0.15, 0.2) is 18.2 Å². The van der Waals surface area contributed by atoms with E-state index in [2.05, 4.69) is 10.2 Å². The first-order chi connectivity index (χ1) is 12.4. The van der Waals surface area contributed by atoms with Gasteiger partial charge in [-0.25, -0.2) is 0 Å². The highest BCUT2D eigenvalue weighted by atomic mass is 16.6. The van der Waals surface area contributed by atoms with E-state index in [1.165, 1.54) is 19.1 Å². The Bertz CT molecular complexity index is 691. The number of nitro groups is 1. The van der Waals surface area contributed by atoms with Crippen molar-refractivity contribution in [3.63, 3.8) is 0 Å². The zero-order valence-corrected chi connectivity index (χ0v) is 14.9. The zero-order chi connectivity index (χ0) is 18.7. The molecule has 0 radical (unpaired) electrons. The third-order valence-corrected chi connectivity index (χ3v) is 5.29. The molecule has 1 aliphatic heterocycles. The molecule has 1 saturated heterocycles. The minimum Gasteiger partial charge on any atom is -0.502 e. The first kappa shape index (κ1) is 18.6. The van der Waals surface area contributed by atoms with Crippen LogP contribution in [0, 0.1) is 10.1 Å². The maximum Gasteiger partial charge on any atom is 0.310 e. The molecule has 1 aromatic rings. The molecule has 1 aromatic carbocycles. The topological polar surface area (TPSA) is 105 Å². The SMILES string of the molecule is CC(=O)N[C@H]1CCCC[C@]12CN(Cc1ccc([N+](=O)[O-])c(O)c1)CCO2. The Labute approximate surface area is 152 Å². The smallest absolute Gasteiger partial charge is 0.310 e. The van der Waals surface area contributed by atoms with E-state index < -0.39 is 4.92 Å². The predicted octanol–water partition coefficient (Wildman–Crippen LogP) is 1.95. The van der Waals surface area contributed by atoms with Crippen LogP contribution in [0.3, 0.4) is 0 Å². The summed E-state index contributed by atoms with van der Waals surface area (Å²) in [4.78, 5) is 24.0. The Kier molecular flexibility index (Phi) is 5.43. The highest BCUT2D eigenvalue weighted by Crippen LogP contribution is 2.35. The van der Waals surface area contributed by atoms with Crippen LogP contribution < -0.4 is 5.32 Å². The number of hydrogen-bond donors (Lipinski definition) is 2. The average Bonchev–Trinajstić information content (AvgIpc) is 2.57. The fourth-order valence-corrected chi connectivity index (χ4v) is 4.12. The maximum atomic E-state index is 11.6. The van der Waals surface area contributed by atoms with Gasteiger partial charge in [-0.05, 0) is 24.5 Å². The molecule has 1 heterocycles. The molecule has 1 spiro atoms. The first-order valence-electron chi connectivity index (χ1n) is 8.99. The summed E-state index contributed by atoms with van der Waals surface area (Å²) in [5.41, 5.74) is 0.146. The zero-order valence-electron chi connectivity index (χ0n) is 14.9. The monoisotopic (exact) mass is 363 g/mol. The highest BCUT2D eigenvalue weighted by molar-refractivity contribution is 5.73. The van der Waals surface area contributed by atoms with Crippen LogP contribution >= 0.6 is 0 Å². The number of morpholine rings is 1. The van der Waals surface area contributed by atoms with E-state index in [1.807, 2.05) is 0 Å². The lowest BCUT2D eigenvalue weighted by Gasteiger charge is -2.49. The van der Waals surface area contributed by atoms with E-state index in [-0.39, 0.29) is 29.0 Å². The van der Waals surface area contributed by atoms with E-state index >= 15 is 0 Å². The van der Waals surface area contributed by atoms with Crippen LogP contribution in [-0.4, -0.2) is 52.2 Å². The van der Waals surface area contributed by atoms with Gasteiger partial charge in [0.05, 0.1) is 17.6 Å². The van der Waals surface area contributed by atoms with Crippen molar-refractivity contribution in [1.82, 2.24) is 10.2 Å². The summed E-state index contributed by atoms with van der Waals surface area (Å²) in [7, 11) is 0. The van der Waals surface area contributed by atoms with Crippen molar-refractivity contribution >= 4 is 11.6 Å². The fourth-order valence-electron chi connectivity index (χ4n) is 4.12. The molecule has 1 aliphatic carbocycles. The van der Waals surface area contributed by atoms with E-state index in [1.54, 1.807) is 6.07 Å². The second kappa shape index (κ2) is 7.59. The van der Waals surface area contributed by atoms with Gasteiger partial charge in [-0.3, -0.25) is 19.8 Å². The summed E-state index contributed by atoms with van der Waals surface area (Å²) in [6.45, 7) is 4.11. The molecule has 2 aliphatic rings. The molecule has 8 nitrogen and oxygen atoms in total. The van der Waals surface area contributed by atoms with E-state index in [0.717, 1.165) is 37.8 Å². The number of nitrogens with one attached hydrogen (secondary N) is 1. The Morgan fingerprint density at radius 1 is 1.50 bits per heavy atom. The first-order valence-corrected chi connectivity index (χ1v) is 8.99. The van der Waals surface area contributed by atoms with Crippen LogP contribution in [-0.2, 0) is 16.1 Å². The number of aromatic hydroxyl groups is 1. The summed E-state index contributed by atoms with van der Waals surface area (Å²) in [5.74, 6) is -0.360. The third-order valence-electron chi connectivity index (χ3n) is 5.29. The molecule has 1 amide bonds. The molecular formula is C18H25N3O5. The third kappa shape index (κ3) is 3.96. The molecule has 0 unspecified atom stereocenters. The number of phenols is 1. The molecule has 8 heteroatoms. The fraction of sp³-hybridized carbons (Fsp3) is 0.611. The van der Waals surface area contributed by atoms with Crippen molar-refractivity contribution in [3.05, 3.63) is 33.9 Å². The van der Waals surface area contributed by atoms with Crippen molar-refractivity contribution in [3.8, 4) is 5.75 Å². The largest absolute Gasteiger partial charge is 0.502 e. The molecule has 142 valence electrons. The van der Waals surface area contributed by atoms with Crippen molar-refractivity contribution in [2.45, 2.75) is 50.8 Å². The molecule has 0 aromatic heterocycles. The number of carbonyl (C=O) groups is 1. The van der Waals surface area contributed by atoms with Gasteiger partial charge < -0.3 is 15.2 Å². The number of hydrogen-bond acceptors (Lipinski definition) is 6. The Morgan fingerprint density at radius 3 is 3.00 bits per heavy atom. The summed E-state index contributed by atoms with van der Waals surface area (Å²) in [6.07, 6.45) is 3.96. The summed E-state index contributed by atoms with van der Waals surface area (Å²) >= 11 is 0. The minimum absolute atomic E-state index is 0.00168. The van der Waals surface area contributed by atoms with Gasteiger partial charge in [0.25, 0.3) is 0 Å². The van der Waals surface area contributed by atoms with Gasteiger partial charge >= 0.3 is 5.69 Å². The van der Waals surface area contributed by atoms with Crippen molar-refractivity contribution in [2.75, 3.05) is 19.7 Å². The van der Waals surface area contributed by atoms with Crippen LogP contribution in [0.1, 0.15) is 38.2 Å². The van der Waals surface area contributed by atoms with E-state index in [0.29, 0.717) is 19.7 Å². The van der Waals surface area contributed by atoms with Crippen molar-refractivity contribution < 1.29 is 19.6 Å². The number of amides is 1. The van der Waals surface area contributed by atoms with Gasteiger partial charge in [-0.2, -0.15) is 0 Å². The molecule has 26 heavy (non-hydrogen) atoms. The normalized spacial score (nSPS) is 26.6. The molecule has 3 rings (SSSR count). The number of nitro benzene ring substituents is 1.